The van der Waals surface area contributed by atoms with E-state index in [2.05, 4.69) is 19.2 Å². The third-order valence-electron chi connectivity index (χ3n) is 3.08. The van der Waals surface area contributed by atoms with E-state index >= 15 is 0 Å². The van der Waals surface area contributed by atoms with Gasteiger partial charge in [-0.05, 0) is 23.6 Å². The molecule has 0 radical (unpaired) electrons. The Morgan fingerprint density at radius 2 is 2.00 bits per heavy atom. The van der Waals surface area contributed by atoms with E-state index in [-0.39, 0.29) is 17.9 Å². The smallest absolute Gasteiger partial charge is 0.323 e. The van der Waals surface area contributed by atoms with Gasteiger partial charge in [0.25, 0.3) is 0 Å². The summed E-state index contributed by atoms with van der Waals surface area (Å²) in [4.78, 5) is 13.6. The lowest BCUT2D eigenvalue weighted by Crippen LogP contribution is -2.33. The first-order chi connectivity index (χ1) is 9.02. The Labute approximate surface area is 113 Å². The van der Waals surface area contributed by atoms with Gasteiger partial charge in [-0.3, -0.25) is 10.7 Å². The first kappa shape index (κ1) is 13.4. The van der Waals surface area contributed by atoms with Gasteiger partial charge >= 0.3 is 6.03 Å². The van der Waals surface area contributed by atoms with Crippen LogP contribution in [0, 0.1) is 11.3 Å². The number of rotatable bonds is 4. The number of hydrogen-bond donors (Lipinski definition) is 2. The molecule has 0 aliphatic carbocycles. The minimum atomic E-state index is -0.319. The standard InChI is InChI=1S/C14H19N3O2/c1-9(2)8-17-12(13(15)16-14(17)18)10-4-6-11(19-3)7-5-10/h4-7,9,12H,8H2,1-3H3,(H2,15,16,18). The fourth-order valence-electron chi connectivity index (χ4n) is 2.24. The zero-order valence-corrected chi connectivity index (χ0v) is 11.4. The van der Waals surface area contributed by atoms with Gasteiger partial charge in [0.1, 0.15) is 17.6 Å². The molecule has 1 atom stereocenters. The van der Waals surface area contributed by atoms with Gasteiger partial charge in [-0.25, -0.2) is 4.79 Å². The predicted molar refractivity (Wildman–Crippen MR) is 73.5 cm³/mol. The molecule has 1 unspecified atom stereocenters. The number of ether oxygens (including phenoxy) is 1. The van der Waals surface area contributed by atoms with Crippen LogP contribution in [-0.2, 0) is 0 Å². The number of amides is 2. The SMILES string of the molecule is COc1ccc(C2C(=N)NC(=O)N2CC(C)C)cc1. The van der Waals surface area contributed by atoms with Crippen LogP contribution in [0.15, 0.2) is 24.3 Å². The average molecular weight is 261 g/mol. The Morgan fingerprint density at radius 3 is 2.53 bits per heavy atom. The van der Waals surface area contributed by atoms with Crippen molar-refractivity contribution in [3.8, 4) is 5.75 Å². The third kappa shape index (κ3) is 2.70. The highest BCUT2D eigenvalue weighted by Gasteiger charge is 2.36. The highest BCUT2D eigenvalue weighted by atomic mass is 16.5. The molecule has 1 aliphatic heterocycles. The quantitative estimate of drug-likeness (QED) is 0.874. The van der Waals surface area contributed by atoms with E-state index < -0.39 is 0 Å². The maximum atomic E-state index is 11.9. The van der Waals surface area contributed by atoms with Crippen LogP contribution >= 0.6 is 0 Å². The van der Waals surface area contributed by atoms with Crippen LogP contribution in [0.1, 0.15) is 25.5 Å². The highest BCUT2D eigenvalue weighted by Crippen LogP contribution is 2.28. The van der Waals surface area contributed by atoms with Gasteiger partial charge < -0.3 is 9.64 Å². The van der Waals surface area contributed by atoms with Gasteiger partial charge in [0, 0.05) is 6.54 Å². The Bertz CT molecular complexity index is 482. The number of amidine groups is 1. The lowest BCUT2D eigenvalue weighted by Gasteiger charge is -2.24. The van der Waals surface area contributed by atoms with Gasteiger partial charge in [-0.15, -0.1) is 0 Å². The Hall–Kier alpha value is -2.04. The van der Waals surface area contributed by atoms with Gasteiger partial charge in [-0.1, -0.05) is 26.0 Å². The van der Waals surface area contributed by atoms with Gasteiger partial charge in [0.05, 0.1) is 7.11 Å². The number of carbonyl (C=O) groups excluding carboxylic acids is 1. The Kier molecular flexibility index (Phi) is 3.74. The minimum Gasteiger partial charge on any atom is -0.497 e. The van der Waals surface area contributed by atoms with Crippen molar-refractivity contribution in [2.24, 2.45) is 5.92 Å². The van der Waals surface area contributed by atoms with E-state index in [4.69, 9.17) is 10.1 Å². The lowest BCUT2D eigenvalue weighted by molar-refractivity contribution is 0.198. The van der Waals surface area contributed by atoms with E-state index in [1.165, 1.54) is 0 Å². The van der Waals surface area contributed by atoms with Crippen LogP contribution in [0.2, 0.25) is 0 Å². The zero-order valence-electron chi connectivity index (χ0n) is 11.4. The second kappa shape index (κ2) is 5.30. The minimum absolute atomic E-state index is 0.195. The summed E-state index contributed by atoms with van der Waals surface area (Å²) in [5, 5.41) is 10.5. The molecule has 0 spiro atoms. The molecule has 1 saturated heterocycles. The van der Waals surface area contributed by atoms with Crippen molar-refractivity contribution in [1.29, 1.82) is 5.41 Å². The molecule has 1 fully saturated rings. The van der Waals surface area contributed by atoms with Crippen LogP contribution in [0.5, 0.6) is 5.75 Å². The summed E-state index contributed by atoms with van der Waals surface area (Å²) >= 11 is 0. The molecular formula is C14H19N3O2. The molecule has 5 heteroatoms. The molecule has 1 aliphatic rings. The molecule has 1 aromatic rings. The van der Waals surface area contributed by atoms with E-state index in [0.29, 0.717) is 12.5 Å². The van der Waals surface area contributed by atoms with Crippen LogP contribution in [-0.4, -0.2) is 30.4 Å². The molecule has 5 nitrogen and oxygen atoms in total. The van der Waals surface area contributed by atoms with Gasteiger partial charge in [0.2, 0.25) is 0 Å². The van der Waals surface area contributed by atoms with Crippen molar-refractivity contribution in [3.05, 3.63) is 29.8 Å². The van der Waals surface area contributed by atoms with Crippen molar-refractivity contribution in [2.75, 3.05) is 13.7 Å². The summed E-state index contributed by atoms with van der Waals surface area (Å²) in [6.07, 6.45) is 0. The van der Waals surface area contributed by atoms with Crippen molar-refractivity contribution < 1.29 is 9.53 Å². The first-order valence-electron chi connectivity index (χ1n) is 6.33. The maximum absolute atomic E-state index is 11.9. The normalized spacial score (nSPS) is 18.9. The molecule has 2 amide bonds. The first-order valence-corrected chi connectivity index (χ1v) is 6.33. The number of hydrogen-bond acceptors (Lipinski definition) is 3. The fourth-order valence-corrected chi connectivity index (χ4v) is 2.24. The van der Waals surface area contributed by atoms with Crippen LogP contribution in [0.4, 0.5) is 4.79 Å². The number of methoxy groups -OCH3 is 1. The van der Waals surface area contributed by atoms with Crippen molar-refractivity contribution in [2.45, 2.75) is 19.9 Å². The van der Waals surface area contributed by atoms with Crippen LogP contribution in [0.25, 0.3) is 0 Å². The van der Waals surface area contributed by atoms with Gasteiger partial charge in [-0.2, -0.15) is 0 Å². The molecule has 19 heavy (non-hydrogen) atoms. The summed E-state index contributed by atoms with van der Waals surface area (Å²) in [5.41, 5.74) is 0.921. The maximum Gasteiger partial charge on any atom is 0.323 e. The molecule has 1 heterocycles. The topological polar surface area (TPSA) is 65.4 Å². The lowest BCUT2D eigenvalue weighted by atomic mass is 10.0. The average Bonchev–Trinajstić information content (AvgIpc) is 2.64. The van der Waals surface area contributed by atoms with Crippen molar-refractivity contribution in [1.82, 2.24) is 10.2 Å². The van der Waals surface area contributed by atoms with Crippen molar-refractivity contribution in [3.63, 3.8) is 0 Å². The molecule has 0 bridgehead atoms. The van der Waals surface area contributed by atoms with E-state index in [1.807, 2.05) is 24.3 Å². The molecular weight excluding hydrogens is 242 g/mol. The van der Waals surface area contributed by atoms with E-state index in [0.717, 1.165) is 11.3 Å². The zero-order chi connectivity index (χ0) is 14.0. The predicted octanol–water partition coefficient (Wildman–Crippen LogP) is 2.39. The molecule has 102 valence electrons. The number of carbonyl (C=O) groups is 1. The Morgan fingerprint density at radius 1 is 1.37 bits per heavy atom. The number of nitrogens with zero attached hydrogens (tertiary/aromatic N) is 1. The van der Waals surface area contributed by atoms with E-state index in [1.54, 1.807) is 12.0 Å². The Balaban J connectivity index is 2.28. The summed E-state index contributed by atoms with van der Waals surface area (Å²) in [5.74, 6) is 1.36. The number of nitrogens with one attached hydrogen (secondary N) is 2. The molecule has 2 rings (SSSR count). The van der Waals surface area contributed by atoms with E-state index in [9.17, 15) is 4.79 Å². The number of benzene rings is 1. The van der Waals surface area contributed by atoms with Gasteiger partial charge in [0.15, 0.2) is 0 Å². The van der Waals surface area contributed by atoms with Crippen LogP contribution < -0.4 is 10.1 Å². The third-order valence-corrected chi connectivity index (χ3v) is 3.08. The monoisotopic (exact) mass is 261 g/mol. The summed E-state index contributed by atoms with van der Waals surface area (Å²) in [7, 11) is 1.61. The van der Waals surface area contributed by atoms with Crippen LogP contribution in [0.3, 0.4) is 0 Å². The summed E-state index contributed by atoms with van der Waals surface area (Å²) in [6, 6.07) is 6.97. The second-order valence-corrected chi connectivity index (χ2v) is 5.07. The molecule has 0 aromatic heterocycles. The highest BCUT2D eigenvalue weighted by molar-refractivity contribution is 6.06. The fraction of sp³-hybridized carbons (Fsp3) is 0.429. The molecule has 1 aromatic carbocycles. The molecule has 2 N–H and O–H groups in total. The molecule has 0 saturated carbocycles. The second-order valence-electron chi connectivity index (χ2n) is 5.07. The van der Waals surface area contributed by atoms with Crippen molar-refractivity contribution >= 4 is 11.9 Å². The largest absolute Gasteiger partial charge is 0.497 e. The number of urea groups is 1. The summed E-state index contributed by atoms with van der Waals surface area (Å²) in [6.45, 7) is 4.74. The summed E-state index contributed by atoms with van der Waals surface area (Å²) < 4.78 is 5.12.